The van der Waals surface area contributed by atoms with E-state index in [9.17, 15) is 0 Å². The summed E-state index contributed by atoms with van der Waals surface area (Å²) in [5.41, 5.74) is 1.14. The van der Waals surface area contributed by atoms with E-state index in [-0.39, 0.29) is 0 Å². The van der Waals surface area contributed by atoms with Gasteiger partial charge in [-0.3, -0.25) is 4.68 Å². The number of rotatable bonds is 4. The average Bonchev–Trinajstić information content (AvgIpc) is 2.66. The topological polar surface area (TPSA) is 29.9 Å². The predicted molar refractivity (Wildman–Crippen MR) is 65.0 cm³/mol. The van der Waals surface area contributed by atoms with Gasteiger partial charge in [0.15, 0.2) is 0 Å². The summed E-state index contributed by atoms with van der Waals surface area (Å²) in [6.07, 6.45) is 6.18. The summed E-state index contributed by atoms with van der Waals surface area (Å²) in [7, 11) is 1.96. The van der Waals surface area contributed by atoms with Crippen LogP contribution in [0.2, 0.25) is 0 Å². The molecule has 84 valence electrons. The van der Waals surface area contributed by atoms with Crippen LogP contribution >= 0.6 is 11.8 Å². The van der Waals surface area contributed by atoms with Crippen LogP contribution in [0.25, 0.3) is 0 Å². The van der Waals surface area contributed by atoms with Crippen molar-refractivity contribution in [2.75, 3.05) is 12.3 Å². The van der Waals surface area contributed by atoms with Crippen molar-refractivity contribution in [3.05, 3.63) is 18.0 Å². The Hall–Kier alpha value is -0.480. The Kier molecular flexibility index (Phi) is 4.09. The van der Waals surface area contributed by atoms with Crippen LogP contribution in [0.5, 0.6) is 0 Å². The molecule has 1 atom stereocenters. The van der Waals surface area contributed by atoms with Crippen LogP contribution < -0.4 is 5.32 Å². The van der Waals surface area contributed by atoms with Gasteiger partial charge in [-0.15, -0.1) is 0 Å². The molecule has 1 aromatic heterocycles. The highest BCUT2D eigenvalue weighted by Crippen LogP contribution is 2.24. The molecule has 0 saturated carbocycles. The Morgan fingerprint density at radius 2 is 2.53 bits per heavy atom. The molecule has 1 fully saturated rings. The molecule has 2 heterocycles. The maximum atomic E-state index is 4.34. The highest BCUT2D eigenvalue weighted by atomic mass is 32.2. The molecule has 0 aliphatic carbocycles. The molecule has 4 heteroatoms. The van der Waals surface area contributed by atoms with E-state index in [2.05, 4.69) is 28.2 Å². The largest absolute Gasteiger partial charge is 0.310 e. The quantitative estimate of drug-likeness (QED) is 0.847. The predicted octanol–water partition coefficient (Wildman–Crippen LogP) is 1.80. The normalized spacial score (nSPS) is 21.8. The van der Waals surface area contributed by atoms with E-state index >= 15 is 0 Å². The van der Waals surface area contributed by atoms with Gasteiger partial charge in [0.05, 0.1) is 5.69 Å². The molecule has 0 spiro atoms. The third kappa shape index (κ3) is 3.54. The molecule has 1 aromatic rings. The van der Waals surface area contributed by atoms with E-state index in [0.29, 0.717) is 0 Å². The third-order valence-corrected chi connectivity index (χ3v) is 4.12. The van der Waals surface area contributed by atoms with Gasteiger partial charge in [-0.2, -0.15) is 16.9 Å². The first-order valence-corrected chi connectivity index (χ1v) is 6.70. The van der Waals surface area contributed by atoms with Crippen LogP contribution in [0.3, 0.4) is 0 Å². The minimum atomic E-state index is 0.822. The van der Waals surface area contributed by atoms with Crippen LogP contribution in [0.15, 0.2) is 12.3 Å². The molecule has 0 aromatic carbocycles. The Balaban J connectivity index is 1.65. The molecule has 1 aliphatic rings. The summed E-state index contributed by atoms with van der Waals surface area (Å²) in [5, 5.41) is 8.65. The zero-order chi connectivity index (χ0) is 10.5. The van der Waals surface area contributed by atoms with Crippen molar-refractivity contribution < 1.29 is 0 Å². The van der Waals surface area contributed by atoms with Gasteiger partial charge >= 0.3 is 0 Å². The number of nitrogens with zero attached hydrogens (tertiary/aromatic N) is 2. The third-order valence-electron chi connectivity index (χ3n) is 2.72. The number of hydrogen-bond acceptors (Lipinski definition) is 3. The summed E-state index contributed by atoms with van der Waals surface area (Å²) in [6, 6.07) is 2.07. The zero-order valence-electron chi connectivity index (χ0n) is 9.28. The molecule has 1 unspecified atom stereocenters. The van der Waals surface area contributed by atoms with Crippen LogP contribution in [0.1, 0.15) is 25.0 Å². The molecule has 1 aliphatic heterocycles. The first-order chi connectivity index (χ1) is 7.34. The van der Waals surface area contributed by atoms with E-state index in [4.69, 9.17) is 0 Å². The summed E-state index contributed by atoms with van der Waals surface area (Å²) >= 11 is 2.12. The van der Waals surface area contributed by atoms with Crippen LogP contribution in [-0.4, -0.2) is 27.3 Å². The Bertz CT molecular complexity index is 292. The van der Waals surface area contributed by atoms with E-state index in [0.717, 1.165) is 24.0 Å². The maximum Gasteiger partial charge on any atom is 0.0762 e. The summed E-state index contributed by atoms with van der Waals surface area (Å²) in [5.74, 6) is 1.34. The number of aromatic nitrogens is 2. The van der Waals surface area contributed by atoms with Gasteiger partial charge in [0, 0.05) is 31.6 Å². The second kappa shape index (κ2) is 5.56. The first kappa shape index (κ1) is 11.0. The molecule has 1 saturated heterocycles. The molecule has 3 nitrogen and oxygen atoms in total. The van der Waals surface area contributed by atoms with Crippen LogP contribution in [0.4, 0.5) is 0 Å². The minimum Gasteiger partial charge on any atom is -0.310 e. The van der Waals surface area contributed by atoms with Gasteiger partial charge in [-0.25, -0.2) is 0 Å². The van der Waals surface area contributed by atoms with Crippen molar-refractivity contribution in [1.29, 1.82) is 0 Å². The van der Waals surface area contributed by atoms with Gasteiger partial charge in [0.2, 0.25) is 0 Å². The van der Waals surface area contributed by atoms with Crippen molar-refractivity contribution in [3.8, 4) is 0 Å². The van der Waals surface area contributed by atoms with Crippen molar-refractivity contribution in [2.24, 2.45) is 7.05 Å². The molecule has 2 rings (SSSR count). The average molecular weight is 225 g/mol. The molecule has 0 radical (unpaired) electrons. The number of thioether (sulfide) groups is 1. The minimum absolute atomic E-state index is 0.822. The summed E-state index contributed by atoms with van der Waals surface area (Å²) < 4.78 is 1.85. The lowest BCUT2D eigenvalue weighted by molar-refractivity contribution is 0.589. The lowest BCUT2D eigenvalue weighted by atomic mass is 10.2. The van der Waals surface area contributed by atoms with E-state index in [1.165, 1.54) is 25.0 Å². The standard InChI is InChI=1S/C11H19N3S/c1-14-6-5-10(13-14)8-12-9-11-4-2-3-7-15-11/h5-6,11-12H,2-4,7-9H2,1H3. The van der Waals surface area contributed by atoms with Gasteiger partial charge in [0.1, 0.15) is 0 Å². The molecule has 15 heavy (non-hydrogen) atoms. The van der Waals surface area contributed by atoms with Crippen LogP contribution in [-0.2, 0) is 13.6 Å². The van der Waals surface area contributed by atoms with Crippen molar-refractivity contribution >= 4 is 11.8 Å². The molecule has 0 bridgehead atoms. The zero-order valence-corrected chi connectivity index (χ0v) is 10.1. The number of aryl methyl sites for hydroxylation is 1. The van der Waals surface area contributed by atoms with E-state index in [1.807, 2.05) is 17.9 Å². The Labute approximate surface area is 95.6 Å². The van der Waals surface area contributed by atoms with Crippen molar-refractivity contribution in [1.82, 2.24) is 15.1 Å². The number of hydrogen-bond donors (Lipinski definition) is 1. The Morgan fingerprint density at radius 3 is 3.20 bits per heavy atom. The van der Waals surface area contributed by atoms with Crippen molar-refractivity contribution in [2.45, 2.75) is 31.1 Å². The molecular formula is C11H19N3S. The van der Waals surface area contributed by atoms with Gasteiger partial charge < -0.3 is 5.32 Å². The Morgan fingerprint density at radius 1 is 1.60 bits per heavy atom. The maximum absolute atomic E-state index is 4.34. The van der Waals surface area contributed by atoms with Gasteiger partial charge in [-0.05, 0) is 24.7 Å². The smallest absolute Gasteiger partial charge is 0.0762 e. The highest BCUT2D eigenvalue weighted by molar-refractivity contribution is 7.99. The van der Waals surface area contributed by atoms with E-state index < -0.39 is 0 Å². The lowest BCUT2D eigenvalue weighted by Gasteiger charge is -2.21. The molecule has 1 N–H and O–H groups in total. The second-order valence-electron chi connectivity index (χ2n) is 4.10. The second-order valence-corrected chi connectivity index (χ2v) is 5.51. The lowest BCUT2D eigenvalue weighted by Crippen LogP contribution is -2.26. The van der Waals surface area contributed by atoms with Crippen molar-refractivity contribution in [3.63, 3.8) is 0 Å². The highest BCUT2D eigenvalue weighted by Gasteiger charge is 2.12. The fourth-order valence-electron chi connectivity index (χ4n) is 1.89. The first-order valence-electron chi connectivity index (χ1n) is 5.65. The van der Waals surface area contributed by atoms with Gasteiger partial charge in [-0.1, -0.05) is 6.42 Å². The SMILES string of the molecule is Cn1ccc(CNCC2CCCCS2)n1. The summed E-state index contributed by atoms with van der Waals surface area (Å²) in [4.78, 5) is 0. The van der Waals surface area contributed by atoms with Gasteiger partial charge in [0.25, 0.3) is 0 Å². The monoisotopic (exact) mass is 225 g/mol. The summed E-state index contributed by atoms with van der Waals surface area (Å²) in [6.45, 7) is 2.03. The number of nitrogens with one attached hydrogen (secondary N) is 1. The van der Waals surface area contributed by atoms with Crippen LogP contribution in [0, 0.1) is 0 Å². The fraction of sp³-hybridized carbons (Fsp3) is 0.727. The fourth-order valence-corrected chi connectivity index (χ4v) is 3.16. The molecule has 0 amide bonds. The van der Waals surface area contributed by atoms with E-state index in [1.54, 1.807) is 0 Å². The molecular weight excluding hydrogens is 206 g/mol.